The first kappa shape index (κ1) is 15.1. The van der Waals surface area contributed by atoms with Crippen LogP contribution in [0.4, 0.5) is 5.95 Å². The van der Waals surface area contributed by atoms with Crippen molar-refractivity contribution in [3.63, 3.8) is 0 Å². The minimum Gasteiger partial charge on any atom is -0.391 e. The second-order valence-corrected chi connectivity index (χ2v) is 6.56. The number of benzene rings is 1. The van der Waals surface area contributed by atoms with Gasteiger partial charge in [-0.1, -0.05) is 18.2 Å². The van der Waals surface area contributed by atoms with Gasteiger partial charge in [0.25, 0.3) is 0 Å². The Labute approximate surface area is 140 Å². The van der Waals surface area contributed by atoms with Crippen molar-refractivity contribution in [3.8, 4) is 0 Å². The fraction of sp³-hybridized carbons (Fsp3) is 0.389. The smallest absolute Gasteiger partial charge is 0.223 e. The number of nitrogens with zero attached hydrogens (tertiary/aromatic N) is 4. The van der Waals surface area contributed by atoms with E-state index >= 15 is 0 Å². The van der Waals surface area contributed by atoms with E-state index in [-0.39, 0.29) is 12.1 Å². The second-order valence-electron chi connectivity index (χ2n) is 6.56. The van der Waals surface area contributed by atoms with Gasteiger partial charge in [0.15, 0.2) is 0 Å². The van der Waals surface area contributed by atoms with Crippen molar-refractivity contribution >= 4 is 16.9 Å². The van der Waals surface area contributed by atoms with Crippen LogP contribution in [-0.2, 0) is 6.54 Å². The van der Waals surface area contributed by atoms with Crippen molar-refractivity contribution in [2.24, 2.45) is 5.92 Å². The molecule has 1 aliphatic carbocycles. The molecule has 1 aliphatic rings. The van der Waals surface area contributed by atoms with Gasteiger partial charge in [-0.2, -0.15) is 0 Å². The number of aryl methyl sites for hydroxylation is 1. The Morgan fingerprint density at radius 3 is 2.96 bits per heavy atom. The highest BCUT2D eigenvalue weighted by Crippen LogP contribution is 2.29. The average molecular weight is 323 g/mol. The van der Waals surface area contributed by atoms with Crippen molar-refractivity contribution < 1.29 is 5.11 Å². The molecular weight excluding hydrogens is 302 g/mol. The van der Waals surface area contributed by atoms with E-state index in [1.807, 2.05) is 43.7 Å². The van der Waals surface area contributed by atoms with Crippen LogP contribution in [0.15, 0.2) is 43.0 Å². The Balaban J connectivity index is 1.49. The van der Waals surface area contributed by atoms with E-state index in [4.69, 9.17) is 0 Å². The molecule has 4 rings (SSSR count). The Kier molecular flexibility index (Phi) is 3.90. The van der Waals surface area contributed by atoms with Crippen LogP contribution in [0.25, 0.3) is 10.9 Å². The molecular formula is C18H21N5O. The standard InChI is InChI=1S/C18H21N5O/c1-12-14-4-2-3-5-15(14)21-18(20-12)22-16-8-13(9-17(16)24)10-23-7-6-19-11-23/h2-7,11,13,16-17,24H,8-10H2,1H3,(H,20,21,22)/t13?,16-,17-/m1/s1. The lowest BCUT2D eigenvalue weighted by Gasteiger charge is -2.17. The van der Waals surface area contributed by atoms with Gasteiger partial charge in [0.2, 0.25) is 5.95 Å². The predicted octanol–water partition coefficient (Wildman–Crippen LogP) is 2.39. The molecule has 6 nitrogen and oxygen atoms in total. The quantitative estimate of drug-likeness (QED) is 0.771. The van der Waals surface area contributed by atoms with E-state index in [0.29, 0.717) is 11.9 Å². The normalized spacial score (nSPS) is 23.7. The lowest BCUT2D eigenvalue weighted by molar-refractivity contribution is 0.166. The van der Waals surface area contributed by atoms with E-state index in [1.165, 1.54) is 0 Å². The molecule has 0 aliphatic heterocycles. The molecule has 2 N–H and O–H groups in total. The number of para-hydroxylation sites is 1. The van der Waals surface area contributed by atoms with Gasteiger partial charge in [0.1, 0.15) is 0 Å². The number of fused-ring (bicyclic) bond motifs is 1. The van der Waals surface area contributed by atoms with Crippen LogP contribution >= 0.6 is 0 Å². The van der Waals surface area contributed by atoms with Gasteiger partial charge in [-0.05, 0) is 31.7 Å². The highest BCUT2D eigenvalue weighted by Gasteiger charge is 2.33. The molecule has 0 spiro atoms. The first-order chi connectivity index (χ1) is 11.7. The number of hydrogen-bond donors (Lipinski definition) is 2. The highest BCUT2D eigenvalue weighted by molar-refractivity contribution is 5.81. The van der Waals surface area contributed by atoms with Gasteiger partial charge < -0.3 is 15.0 Å². The number of rotatable bonds is 4. The maximum atomic E-state index is 10.4. The molecule has 0 radical (unpaired) electrons. The summed E-state index contributed by atoms with van der Waals surface area (Å²) in [5.41, 5.74) is 1.88. The van der Waals surface area contributed by atoms with E-state index in [1.54, 1.807) is 6.20 Å². The van der Waals surface area contributed by atoms with Crippen molar-refractivity contribution in [3.05, 3.63) is 48.7 Å². The van der Waals surface area contributed by atoms with Crippen molar-refractivity contribution in [2.45, 2.75) is 38.5 Å². The lowest BCUT2D eigenvalue weighted by atomic mass is 10.1. The molecule has 0 bridgehead atoms. The largest absolute Gasteiger partial charge is 0.391 e. The zero-order valence-electron chi connectivity index (χ0n) is 13.6. The summed E-state index contributed by atoms with van der Waals surface area (Å²) in [7, 11) is 0. The van der Waals surface area contributed by atoms with Gasteiger partial charge in [-0.15, -0.1) is 0 Å². The van der Waals surface area contributed by atoms with Crippen molar-refractivity contribution in [1.29, 1.82) is 0 Å². The van der Waals surface area contributed by atoms with Crippen molar-refractivity contribution in [2.75, 3.05) is 5.32 Å². The van der Waals surface area contributed by atoms with Crippen LogP contribution in [0.2, 0.25) is 0 Å². The molecule has 0 amide bonds. The molecule has 1 saturated carbocycles. The zero-order valence-corrected chi connectivity index (χ0v) is 13.6. The summed E-state index contributed by atoms with van der Waals surface area (Å²) in [6.07, 6.45) is 6.87. The molecule has 0 saturated heterocycles. The summed E-state index contributed by atoms with van der Waals surface area (Å²) < 4.78 is 2.07. The molecule has 24 heavy (non-hydrogen) atoms. The maximum absolute atomic E-state index is 10.4. The van der Waals surface area contributed by atoms with E-state index in [2.05, 4.69) is 24.8 Å². The second kappa shape index (κ2) is 6.20. The summed E-state index contributed by atoms with van der Waals surface area (Å²) in [6.45, 7) is 2.87. The van der Waals surface area contributed by atoms with Crippen LogP contribution in [-0.4, -0.2) is 36.8 Å². The number of nitrogens with one attached hydrogen (secondary N) is 1. The highest BCUT2D eigenvalue weighted by atomic mass is 16.3. The molecule has 6 heteroatoms. The van der Waals surface area contributed by atoms with E-state index < -0.39 is 0 Å². The maximum Gasteiger partial charge on any atom is 0.223 e. The van der Waals surface area contributed by atoms with Crippen LogP contribution in [0.3, 0.4) is 0 Å². The van der Waals surface area contributed by atoms with Crippen molar-refractivity contribution in [1.82, 2.24) is 19.5 Å². The van der Waals surface area contributed by atoms with Gasteiger partial charge in [0.05, 0.1) is 29.7 Å². The third kappa shape index (κ3) is 2.97. The molecule has 2 aromatic heterocycles. The predicted molar refractivity (Wildman–Crippen MR) is 92.6 cm³/mol. The Morgan fingerprint density at radius 2 is 2.12 bits per heavy atom. The number of aliphatic hydroxyl groups is 1. The average Bonchev–Trinajstić information content (AvgIpc) is 3.18. The molecule has 1 unspecified atom stereocenters. The minimum atomic E-state index is -0.381. The molecule has 1 fully saturated rings. The molecule has 2 heterocycles. The summed E-state index contributed by atoms with van der Waals surface area (Å²) in [5, 5.41) is 14.8. The molecule has 1 aromatic carbocycles. The summed E-state index contributed by atoms with van der Waals surface area (Å²) in [6, 6.07) is 7.97. The zero-order chi connectivity index (χ0) is 16.5. The van der Waals surface area contributed by atoms with Crippen LogP contribution < -0.4 is 5.32 Å². The fourth-order valence-electron chi connectivity index (χ4n) is 3.58. The number of aliphatic hydroxyl groups excluding tert-OH is 1. The van der Waals surface area contributed by atoms with Crippen LogP contribution in [0.1, 0.15) is 18.5 Å². The van der Waals surface area contributed by atoms with E-state index in [0.717, 1.165) is 36.0 Å². The third-order valence-electron chi connectivity index (χ3n) is 4.76. The van der Waals surface area contributed by atoms with Gasteiger partial charge in [-0.25, -0.2) is 15.0 Å². The Hall–Kier alpha value is -2.47. The number of hydrogen-bond acceptors (Lipinski definition) is 5. The molecule has 124 valence electrons. The fourth-order valence-corrected chi connectivity index (χ4v) is 3.58. The van der Waals surface area contributed by atoms with Gasteiger partial charge >= 0.3 is 0 Å². The number of imidazole rings is 1. The Bertz CT molecular complexity index is 833. The summed E-state index contributed by atoms with van der Waals surface area (Å²) >= 11 is 0. The first-order valence-electron chi connectivity index (χ1n) is 8.33. The third-order valence-corrected chi connectivity index (χ3v) is 4.76. The number of aromatic nitrogens is 4. The SMILES string of the molecule is Cc1nc(N[C@@H]2CC(Cn3ccnc3)C[C@H]2O)nc2ccccc12. The monoisotopic (exact) mass is 323 g/mol. The van der Waals surface area contributed by atoms with Crippen LogP contribution in [0, 0.1) is 12.8 Å². The lowest BCUT2D eigenvalue weighted by Crippen LogP contribution is -2.29. The molecule has 3 aromatic rings. The Morgan fingerprint density at radius 1 is 1.25 bits per heavy atom. The molecule has 3 atom stereocenters. The van der Waals surface area contributed by atoms with Gasteiger partial charge in [0, 0.05) is 24.3 Å². The van der Waals surface area contributed by atoms with Gasteiger partial charge in [-0.3, -0.25) is 0 Å². The first-order valence-corrected chi connectivity index (χ1v) is 8.33. The summed E-state index contributed by atoms with van der Waals surface area (Å²) in [4.78, 5) is 13.2. The van der Waals surface area contributed by atoms with E-state index in [9.17, 15) is 5.11 Å². The summed E-state index contributed by atoms with van der Waals surface area (Å²) in [5.74, 6) is 1.02. The van der Waals surface area contributed by atoms with Crippen LogP contribution in [0.5, 0.6) is 0 Å². The number of anilines is 1. The topological polar surface area (TPSA) is 75.9 Å². The minimum absolute atomic E-state index is 0.0147.